The lowest BCUT2D eigenvalue weighted by Gasteiger charge is -2.33. The van der Waals surface area contributed by atoms with Crippen LogP contribution in [0.15, 0.2) is 23.8 Å². The van der Waals surface area contributed by atoms with Crippen molar-refractivity contribution in [3.8, 4) is 0 Å². The molecular formula is C12H18O2. The quantitative estimate of drug-likeness (QED) is 0.684. The summed E-state index contributed by atoms with van der Waals surface area (Å²) in [4.78, 5) is 11.7. The molecule has 1 N–H and O–H groups in total. The molecule has 0 saturated heterocycles. The van der Waals surface area contributed by atoms with Gasteiger partial charge in [0.05, 0.1) is 6.10 Å². The van der Waals surface area contributed by atoms with Gasteiger partial charge in [0.15, 0.2) is 5.78 Å². The summed E-state index contributed by atoms with van der Waals surface area (Å²) in [5.74, 6) is -0.0707. The second-order valence-corrected chi connectivity index (χ2v) is 4.50. The molecule has 78 valence electrons. The molecule has 0 amide bonds. The minimum atomic E-state index is -0.740. The molecule has 0 aromatic heterocycles. The summed E-state index contributed by atoms with van der Waals surface area (Å²) in [7, 11) is 0. The molecule has 2 heteroatoms. The van der Waals surface area contributed by atoms with Gasteiger partial charge < -0.3 is 5.11 Å². The minimum Gasteiger partial charge on any atom is -0.387 e. The predicted molar refractivity (Wildman–Crippen MR) is 56.9 cm³/mol. The van der Waals surface area contributed by atoms with Crippen molar-refractivity contribution in [3.63, 3.8) is 0 Å². The van der Waals surface area contributed by atoms with Crippen molar-refractivity contribution < 1.29 is 9.90 Å². The first kappa shape index (κ1) is 11.2. The Morgan fingerprint density at radius 3 is 2.64 bits per heavy atom. The van der Waals surface area contributed by atoms with Crippen LogP contribution in [-0.4, -0.2) is 17.0 Å². The number of Topliss-reactive ketones (excluding diaryl/α,β-unsaturated/α-hetero) is 1. The Morgan fingerprint density at radius 2 is 2.14 bits per heavy atom. The number of ketones is 1. The summed E-state index contributed by atoms with van der Waals surface area (Å²) in [5.41, 5.74) is 0.768. The summed E-state index contributed by atoms with van der Waals surface area (Å²) in [6, 6.07) is 0. The molecule has 0 bridgehead atoms. The zero-order valence-electron chi connectivity index (χ0n) is 9.13. The van der Waals surface area contributed by atoms with Crippen molar-refractivity contribution >= 4 is 5.78 Å². The van der Waals surface area contributed by atoms with E-state index in [9.17, 15) is 9.90 Å². The van der Waals surface area contributed by atoms with E-state index in [0.29, 0.717) is 5.57 Å². The third-order valence-corrected chi connectivity index (χ3v) is 2.68. The fourth-order valence-corrected chi connectivity index (χ4v) is 1.83. The highest BCUT2D eigenvalue weighted by atomic mass is 16.3. The first-order valence-corrected chi connectivity index (χ1v) is 5.03. The third-order valence-electron chi connectivity index (χ3n) is 2.68. The SMILES string of the molecule is C=C1C(=O)C(CCC)=CC(C)(C)C1O. The van der Waals surface area contributed by atoms with Crippen LogP contribution in [0.3, 0.4) is 0 Å². The molecule has 0 heterocycles. The molecule has 2 nitrogen and oxygen atoms in total. The maximum atomic E-state index is 11.7. The van der Waals surface area contributed by atoms with E-state index in [2.05, 4.69) is 6.58 Å². The van der Waals surface area contributed by atoms with Gasteiger partial charge in [0, 0.05) is 11.0 Å². The van der Waals surface area contributed by atoms with E-state index < -0.39 is 6.10 Å². The zero-order chi connectivity index (χ0) is 10.9. The molecule has 1 unspecified atom stereocenters. The topological polar surface area (TPSA) is 37.3 Å². The first-order chi connectivity index (χ1) is 6.40. The van der Waals surface area contributed by atoms with Gasteiger partial charge in [-0.15, -0.1) is 0 Å². The van der Waals surface area contributed by atoms with Crippen molar-refractivity contribution in [1.29, 1.82) is 0 Å². The highest BCUT2D eigenvalue weighted by molar-refractivity contribution is 6.09. The van der Waals surface area contributed by atoms with Crippen LogP contribution < -0.4 is 0 Å². The molecule has 0 aromatic rings. The number of carbonyl (C=O) groups excluding carboxylic acids is 1. The highest BCUT2D eigenvalue weighted by Crippen LogP contribution is 2.35. The Hall–Kier alpha value is -0.890. The zero-order valence-corrected chi connectivity index (χ0v) is 9.13. The van der Waals surface area contributed by atoms with Crippen molar-refractivity contribution in [2.24, 2.45) is 5.41 Å². The monoisotopic (exact) mass is 194 g/mol. The Kier molecular flexibility index (Phi) is 2.95. The molecule has 0 radical (unpaired) electrons. The van der Waals surface area contributed by atoms with Gasteiger partial charge in [-0.25, -0.2) is 0 Å². The molecule has 1 aliphatic rings. The second-order valence-electron chi connectivity index (χ2n) is 4.50. The first-order valence-electron chi connectivity index (χ1n) is 5.03. The normalized spacial score (nSPS) is 26.3. The summed E-state index contributed by atoms with van der Waals surface area (Å²) >= 11 is 0. The number of aliphatic hydroxyl groups is 1. The van der Waals surface area contributed by atoms with Gasteiger partial charge >= 0.3 is 0 Å². The predicted octanol–water partition coefficient (Wildman–Crippen LogP) is 2.24. The van der Waals surface area contributed by atoms with Crippen LogP contribution in [0.4, 0.5) is 0 Å². The van der Waals surface area contributed by atoms with Crippen molar-refractivity contribution in [2.45, 2.75) is 39.7 Å². The van der Waals surface area contributed by atoms with Crippen LogP contribution in [0, 0.1) is 5.41 Å². The van der Waals surface area contributed by atoms with E-state index in [1.54, 1.807) is 0 Å². The van der Waals surface area contributed by atoms with E-state index in [0.717, 1.165) is 18.4 Å². The average Bonchev–Trinajstić information content (AvgIpc) is 2.11. The minimum absolute atomic E-state index is 0.0707. The molecule has 1 rings (SSSR count). The second kappa shape index (κ2) is 3.70. The van der Waals surface area contributed by atoms with E-state index >= 15 is 0 Å². The summed E-state index contributed by atoms with van der Waals surface area (Å²) in [6.07, 6.45) is 2.86. The largest absolute Gasteiger partial charge is 0.387 e. The summed E-state index contributed by atoms with van der Waals surface area (Å²) in [5, 5.41) is 9.80. The van der Waals surface area contributed by atoms with Gasteiger partial charge in [0.1, 0.15) is 0 Å². The maximum absolute atomic E-state index is 11.7. The Labute approximate surface area is 85.3 Å². The highest BCUT2D eigenvalue weighted by Gasteiger charge is 2.36. The van der Waals surface area contributed by atoms with E-state index in [1.165, 1.54) is 0 Å². The van der Waals surface area contributed by atoms with Gasteiger partial charge in [-0.2, -0.15) is 0 Å². The molecular weight excluding hydrogens is 176 g/mol. The molecule has 0 aliphatic heterocycles. The van der Waals surface area contributed by atoms with E-state index in [1.807, 2.05) is 26.8 Å². The fourth-order valence-electron chi connectivity index (χ4n) is 1.83. The lowest BCUT2D eigenvalue weighted by atomic mass is 9.73. The molecule has 1 aliphatic carbocycles. The van der Waals surface area contributed by atoms with Gasteiger partial charge in [0.25, 0.3) is 0 Å². The average molecular weight is 194 g/mol. The van der Waals surface area contributed by atoms with Gasteiger partial charge in [-0.05, 0) is 12.0 Å². The molecule has 0 spiro atoms. The fraction of sp³-hybridized carbons (Fsp3) is 0.583. The molecule has 14 heavy (non-hydrogen) atoms. The van der Waals surface area contributed by atoms with Crippen LogP contribution >= 0.6 is 0 Å². The number of allylic oxidation sites excluding steroid dienone is 1. The number of hydrogen-bond acceptors (Lipinski definition) is 2. The summed E-state index contributed by atoms with van der Waals surface area (Å²) < 4.78 is 0. The number of rotatable bonds is 2. The molecule has 1 atom stereocenters. The Morgan fingerprint density at radius 1 is 1.57 bits per heavy atom. The van der Waals surface area contributed by atoms with Crippen molar-refractivity contribution in [3.05, 3.63) is 23.8 Å². The molecule has 0 saturated carbocycles. The number of carbonyl (C=O) groups is 1. The van der Waals surface area contributed by atoms with E-state index in [4.69, 9.17) is 0 Å². The molecule has 0 aromatic carbocycles. The third kappa shape index (κ3) is 1.80. The van der Waals surface area contributed by atoms with Crippen LogP contribution in [0.2, 0.25) is 0 Å². The lowest BCUT2D eigenvalue weighted by Crippen LogP contribution is -2.37. The number of hydrogen-bond donors (Lipinski definition) is 1. The van der Waals surface area contributed by atoms with Gasteiger partial charge in [-0.3, -0.25) is 4.79 Å². The number of aliphatic hydroxyl groups excluding tert-OH is 1. The van der Waals surface area contributed by atoms with Crippen LogP contribution in [0.25, 0.3) is 0 Å². The van der Waals surface area contributed by atoms with E-state index in [-0.39, 0.29) is 11.2 Å². The summed E-state index contributed by atoms with van der Waals surface area (Å²) in [6.45, 7) is 9.54. The van der Waals surface area contributed by atoms with Gasteiger partial charge in [-0.1, -0.05) is 39.8 Å². The standard InChI is InChI=1S/C12H18O2/c1-5-6-9-7-12(3,4)11(14)8(2)10(9)13/h7,11,14H,2,5-6H2,1,3-4H3. The van der Waals surface area contributed by atoms with Crippen molar-refractivity contribution in [1.82, 2.24) is 0 Å². The van der Waals surface area contributed by atoms with Crippen LogP contribution in [0.5, 0.6) is 0 Å². The molecule has 0 fully saturated rings. The van der Waals surface area contributed by atoms with Crippen molar-refractivity contribution in [2.75, 3.05) is 0 Å². The Bertz CT molecular complexity index is 297. The lowest BCUT2D eigenvalue weighted by molar-refractivity contribution is -0.114. The smallest absolute Gasteiger partial charge is 0.186 e. The van der Waals surface area contributed by atoms with Crippen LogP contribution in [0.1, 0.15) is 33.6 Å². The maximum Gasteiger partial charge on any atom is 0.186 e. The Balaban J connectivity index is 3.07. The van der Waals surface area contributed by atoms with Gasteiger partial charge in [0.2, 0.25) is 0 Å². The van der Waals surface area contributed by atoms with Crippen LogP contribution in [-0.2, 0) is 4.79 Å².